The van der Waals surface area contributed by atoms with Crippen molar-refractivity contribution in [3.63, 3.8) is 0 Å². The van der Waals surface area contributed by atoms with E-state index in [-0.39, 0.29) is 34.4 Å². The van der Waals surface area contributed by atoms with E-state index in [9.17, 15) is 22.4 Å². The van der Waals surface area contributed by atoms with Crippen LogP contribution in [0.2, 0.25) is 0 Å². The smallest absolute Gasteiger partial charge is 0.316 e. The van der Waals surface area contributed by atoms with Crippen LogP contribution in [0.15, 0.2) is 32.7 Å². The number of benzene rings is 1. The van der Waals surface area contributed by atoms with Crippen molar-refractivity contribution in [3.8, 4) is 0 Å². The van der Waals surface area contributed by atoms with Crippen molar-refractivity contribution in [2.24, 2.45) is 17.8 Å². The van der Waals surface area contributed by atoms with Crippen LogP contribution in [-0.2, 0) is 23.1 Å². The quantitative estimate of drug-likeness (QED) is 0.455. The van der Waals surface area contributed by atoms with Gasteiger partial charge in [-0.05, 0) is 62.4 Å². The number of halogens is 1. The number of fused-ring (bicyclic) bond motifs is 1. The largest absolute Gasteiger partial charge is 0.331 e. The summed E-state index contributed by atoms with van der Waals surface area (Å²) in [5, 5.41) is 5.52. The van der Waals surface area contributed by atoms with Gasteiger partial charge in [0.1, 0.15) is 6.67 Å². The van der Waals surface area contributed by atoms with Crippen molar-refractivity contribution in [2.75, 3.05) is 39.9 Å². The van der Waals surface area contributed by atoms with Gasteiger partial charge < -0.3 is 5.32 Å². The first-order valence-corrected chi connectivity index (χ1v) is 14.1. The highest BCUT2D eigenvalue weighted by Crippen LogP contribution is 2.37. The summed E-state index contributed by atoms with van der Waals surface area (Å²) >= 11 is 0. The van der Waals surface area contributed by atoms with Crippen molar-refractivity contribution >= 4 is 20.9 Å². The third-order valence-electron chi connectivity index (χ3n) is 7.69. The maximum Gasteiger partial charge on any atom is 0.331 e. The van der Waals surface area contributed by atoms with E-state index in [1.54, 1.807) is 4.57 Å². The van der Waals surface area contributed by atoms with Crippen molar-refractivity contribution in [1.29, 1.82) is 0 Å². The van der Waals surface area contributed by atoms with Crippen molar-refractivity contribution in [1.82, 2.24) is 29.6 Å². The lowest BCUT2D eigenvalue weighted by atomic mass is 9.92. The molecule has 1 aromatic carbocycles. The van der Waals surface area contributed by atoms with Crippen molar-refractivity contribution in [3.05, 3.63) is 39.0 Å². The molecule has 2 aliphatic heterocycles. The molecule has 198 valence electrons. The standard InChI is InChI=1S/C24H35FN6O4S/c1-16-7-17(10-26-9-16)13-30-21-4-3-19(36(34,35)28-24(15-25)5-6-24)8-20(21)22(32)31(23(30)33)14-18-11-27-29(2)12-18/h3-4,8,16-18,26-28H,5-7,9-15H2,1-2H3. The summed E-state index contributed by atoms with van der Waals surface area (Å²) < 4.78 is 44.8. The lowest BCUT2D eigenvalue weighted by Crippen LogP contribution is -2.45. The molecule has 3 aliphatic rings. The SMILES string of the molecule is CC1CNCC(Cn2c(=O)n(CC3CNN(C)C3)c(=O)c3cc(S(=O)(=O)NC4(CF)CC4)ccc32)C1. The molecule has 2 saturated heterocycles. The van der Waals surface area contributed by atoms with E-state index < -0.39 is 27.8 Å². The number of nitrogens with zero attached hydrogens (tertiary/aromatic N) is 3. The van der Waals surface area contributed by atoms with Crippen molar-refractivity contribution < 1.29 is 12.8 Å². The highest BCUT2D eigenvalue weighted by Gasteiger charge is 2.46. The fourth-order valence-corrected chi connectivity index (χ4v) is 6.98. The molecule has 3 heterocycles. The van der Waals surface area contributed by atoms with Crippen LogP contribution < -0.4 is 26.7 Å². The van der Waals surface area contributed by atoms with Gasteiger partial charge in [-0.2, -0.15) is 0 Å². The minimum absolute atomic E-state index is 0.0653. The minimum atomic E-state index is -4.03. The Labute approximate surface area is 209 Å². The average molecular weight is 523 g/mol. The Balaban J connectivity index is 1.59. The van der Waals surface area contributed by atoms with Gasteiger partial charge in [0.25, 0.3) is 5.56 Å². The van der Waals surface area contributed by atoms with E-state index in [0.29, 0.717) is 43.9 Å². The second-order valence-electron chi connectivity index (χ2n) is 11.0. The van der Waals surface area contributed by atoms with Gasteiger partial charge in [0, 0.05) is 39.1 Å². The van der Waals surface area contributed by atoms with Gasteiger partial charge in [-0.15, -0.1) is 0 Å². The summed E-state index contributed by atoms with van der Waals surface area (Å²) in [7, 11) is -2.12. The highest BCUT2D eigenvalue weighted by atomic mass is 32.2. The predicted molar refractivity (Wildman–Crippen MR) is 135 cm³/mol. The Hall–Kier alpha value is -2.12. The van der Waals surface area contributed by atoms with Gasteiger partial charge in [-0.1, -0.05) is 6.92 Å². The van der Waals surface area contributed by atoms with Crippen LogP contribution in [-0.4, -0.2) is 68.0 Å². The Morgan fingerprint density at radius 2 is 1.86 bits per heavy atom. The lowest BCUT2D eigenvalue weighted by Gasteiger charge is -2.29. The molecule has 0 radical (unpaired) electrons. The summed E-state index contributed by atoms with van der Waals surface area (Å²) in [6.45, 7) is 5.11. The number of nitrogens with one attached hydrogen (secondary N) is 3. The molecule has 1 aliphatic carbocycles. The molecular weight excluding hydrogens is 487 g/mol. The normalized spacial score (nSPS) is 26.5. The third kappa shape index (κ3) is 5.01. The van der Waals surface area contributed by atoms with Gasteiger partial charge in [-0.3, -0.25) is 19.4 Å². The molecule has 0 bridgehead atoms. The second-order valence-corrected chi connectivity index (χ2v) is 12.7. The Morgan fingerprint density at radius 1 is 1.11 bits per heavy atom. The lowest BCUT2D eigenvalue weighted by molar-refractivity contribution is 0.272. The maximum atomic E-state index is 13.6. The molecule has 3 atom stereocenters. The Bertz CT molecular complexity index is 1370. The number of piperidine rings is 1. The van der Waals surface area contributed by atoms with Gasteiger partial charge in [0.2, 0.25) is 10.0 Å². The summed E-state index contributed by atoms with van der Waals surface area (Å²) in [6.07, 6.45) is 1.85. The fourth-order valence-electron chi connectivity index (χ4n) is 5.51. The molecule has 5 rings (SSSR count). The van der Waals surface area contributed by atoms with Crippen LogP contribution in [0.1, 0.15) is 26.2 Å². The zero-order valence-corrected chi connectivity index (χ0v) is 21.6. The summed E-state index contributed by atoms with van der Waals surface area (Å²) in [5.74, 6) is 0.754. The van der Waals surface area contributed by atoms with Gasteiger partial charge in [0.05, 0.1) is 21.3 Å². The summed E-state index contributed by atoms with van der Waals surface area (Å²) in [4.78, 5) is 27.1. The monoisotopic (exact) mass is 522 g/mol. The number of hydrogen-bond donors (Lipinski definition) is 3. The molecule has 36 heavy (non-hydrogen) atoms. The zero-order chi connectivity index (χ0) is 25.7. The maximum absolute atomic E-state index is 13.6. The Morgan fingerprint density at radius 3 is 2.50 bits per heavy atom. The van der Waals surface area contributed by atoms with E-state index in [0.717, 1.165) is 19.5 Å². The van der Waals surface area contributed by atoms with Crippen LogP contribution in [0.5, 0.6) is 0 Å². The average Bonchev–Trinajstić information content (AvgIpc) is 3.49. The van der Waals surface area contributed by atoms with Gasteiger partial charge in [-0.25, -0.2) is 27.3 Å². The van der Waals surface area contributed by atoms with Gasteiger partial charge in [0.15, 0.2) is 0 Å². The third-order valence-corrected chi connectivity index (χ3v) is 9.27. The zero-order valence-electron chi connectivity index (χ0n) is 20.8. The van der Waals surface area contributed by atoms with Crippen LogP contribution in [0.4, 0.5) is 4.39 Å². The first kappa shape index (κ1) is 25.5. The molecule has 3 fully saturated rings. The second kappa shape index (κ2) is 9.64. The molecule has 1 aromatic heterocycles. The number of sulfonamides is 1. The number of rotatable bonds is 8. The van der Waals surface area contributed by atoms with Crippen molar-refractivity contribution in [2.45, 2.75) is 49.7 Å². The van der Waals surface area contributed by atoms with Crippen LogP contribution >= 0.6 is 0 Å². The summed E-state index contributed by atoms with van der Waals surface area (Å²) in [6, 6.07) is 4.27. The molecule has 3 unspecified atom stereocenters. The van der Waals surface area contributed by atoms with E-state index in [1.807, 2.05) is 12.1 Å². The molecule has 1 saturated carbocycles. The molecule has 0 spiro atoms. The molecular formula is C24H35FN6O4S. The van der Waals surface area contributed by atoms with Crippen LogP contribution in [0.3, 0.4) is 0 Å². The fraction of sp³-hybridized carbons (Fsp3) is 0.667. The summed E-state index contributed by atoms with van der Waals surface area (Å²) in [5.41, 5.74) is 1.70. The number of aromatic nitrogens is 2. The highest BCUT2D eigenvalue weighted by molar-refractivity contribution is 7.89. The number of hydrogen-bond acceptors (Lipinski definition) is 7. The first-order chi connectivity index (χ1) is 17.1. The van der Waals surface area contributed by atoms with E-state index >= 15 is 0 Å². The first-order valence-electron chi connectivity index (χ1n) is 12.6. The number of alkyl halides is 1. The Kier molecular flexibility index (Phi) is 6.83. The molecule has 10 nitrogen and oxygen atoms in total. The topological polar surface area (TPSA) is 117 Å². The molecule has 2 aromatic rings. The van der Waals surface area contributed by atoms with Gasteiger partial charge >= 0.3 is 5.69 Å². The molecule has 3 N–H and O–H groups in total. The van der Waals surface area contributed by atoms with E-state index in [1.165, 1.54) is 22.8 Å². The minimum Gasteiger partial charge on any atom is -0.316 e. The van der Waals surface area contributed by atoms with Crippen LogP contribution in [0.25, 0.3) is 10.9 Å². The predicted octanol–water partition coefficient (Wildman–Crippen LogP) is 0.255. The molecule has 0 amide bonds. The van der Waals surface area contributed by atoms with E-state index in [4.69, 9.17) is 0 Å². The number of hydrazine groups is 1. The van der Waals surface area contributed by atoms with Crippen LogP contribution in [0, 0.1) is 17.8 Å². The van der Waals surface area contributed by atoms with E-state index in [2.05, 4.69) is 22.4 Å². The molecule has 12 heteroatoms.